The minimum atomic E-state index is -0.968. The third-order valence-corrected chi connectivity index (χ3v) is 3.08. The number of amides is 1. The summed E-state index contributed by atoms with van der Waals surface area (Å²) in [7, 11) is 1.23. The van der Waals surface area contributed by atoms with E-state index in [0.29, 0.717) is 0 Å². The Labute approximate surface area is 113 Å². The van der Waals surface area contributed by atoms with Gasteiger partial charge < -0.3 is 9.47 Å². The minimum absolute atomic E-state index is 0.137. The van der Waals surface area contributed by atoms with Crippen molar-refractivity contribution in [1.29, 1.82) is 0 Å². The molecule has 0 saturated carbocycles. The van der Waals surface area contributed by atoms with Gasteiger partial charge in [0.1, 0.15) is 11.6 Å². The van der Waals surface area contributed by atoms with Gasteiger partial charge in [-0.25, -0.2) is 9.59 Å². The van der Waals surface area contributed by atoms with Gasteiger partial charge in [-0.05, 0) is 20.8 Å². The van der Waals surface area contributed by atoms with Crippen molar-refractivity contribution >= 4 is 17.8 Å². The molecule has 0 aliphatic carbocycles. The predicted molar refractivity (Wildman–Crippen MR) is 67.5 cm³/mol. The van der Waals surface area contributed by atoms with Gasteiger partial charge in [0, 0.05) is 0 Å². The van der Waals surface area contributed by atoms with E-state index in [1.807, 2.05) is 0 Å². The first-order valence-corrected chi connectivity index (χ1v) is 6.11. The summed E-state index contributed by atoms with van der Waals surface area (Å²) < 4.78 is 9.90. The van der Waals surface area contributed by atoms with Crippen LogP contribution in [0, 0.1) is 5.41 Å². The average Bonchev–Trinajstić information content (AvgIpc) is 2.47. The molecule has 0 aromatic rings. The first-order chi connectivity index (χ1) is 8.50. The maximum atomic E-state index is 12.1. The number of likely N-dealkylation sites (tertiary alicyclic amines) is 1. The largest absolute Gasteiger partial charge is 0.467 e. The van der Waals surface area contributed by atoms with Crippen LogP contribution in [0.3, 0.4) is 0 Å². The number of esters is 1. The summed E-state index contributed by atoms with van der Waals surface area (Å²) >= 11 is 0. The minimum Gasteiger partial charge on any atom is -0.467 e. The number of Topliss-reactive ketones (excluding diaryl/α,β-unsaturated/α-hetero) is 1. The van der Waals surface area contributed by atoms with Crippen LogP contribution in [-0.2, 0) is 19.1 Å². The highest BCUT2D eigenvalue weighted by molar-refractivity contribution is 5.99. The third-order valence-electron chi connectivity index (χ3n) is 3.08. The molecule has 0 aromatic carbocycles. The molecular formula is C13H21NO5. The number of methoxy groups -OCH3 is 1. The van der Waals surface area contributed by atoms with Crippen molar-refractivity contribution in [2.24, 2.45) is 5.41 Å². The van der Waals surface area contributed by atoms with Gasteiger partial charge in [0.2, 0.25) is 0 Å². The molecule has 0 radical (unpaired) electrons. The fourth-order valence-corrected chi connectivity index (χ4v) is 2.02. The summed E-state index contributed by atoms with van der Waals surface area (Å²) in [5.41, 5.74) is -1.66. The Morgan fingerprint density at radius 3 is 2.26 bits per heavy atom. The number of ether oxygens (including phenoxy) is 2. The van der Waals surface area contributed by atoms with Crippen molar-refractivity contribution in [2.75, 3.05) is 13.7 Å². The van der Waals surface area contributed by atoms with E-state index in [-0.39, 0.29) is 12.3 Å². The van der Waals surface area contributed by atoms with Gasteiger partial charge >= 0.3 is 12.1 Å². The van der Waals surface area contributed by atoms with Crippen LogP contribution in [0.5, 0.6) is 0 Å². The molecule has 0 aromatic heterocycles. The zero-order chi connectivity index (χ0) is 15.0. The molecular weight excluding hydrogens is 250 g/mol. The number of carbonyl (C=O) groups excluding carboxylic acids is 3. The zero-order valence-corrected chi connectivity index (χ0v) is 12.3. The van der Waals surface area contributed by atoms with E-state index in [1.54, 1.807) is 34.6 Å². The molecule has 1 fully saturated rings. The van der Waals surface area contributed by atoms with Crippen molar-refractivity contribution in [3.63, 3.8) is 0 Å². The van der Waals surface area contributed by atoms with Crippen LogP contribution in [0.2, 0.25) is 0 Å². The van der Waals surface area contributed by atoms with E-state index in [9.17, 15) is 14.4 Å². The van der Waals surface area contributed by atoms with E-state index < -0.39 is 29.1 Å². The molecule has 1 atom stereocenters. The molecule has 1 aliphatic heterocycles. The Morgan fingerprint density at radius 2 is 1.84 bits per heavy atom. The summed E-state index contributed by atoms with van der Waals surface area (Å²) in [5, 5.41) is 0. The molecule has 1 amide bonds. The summed E-state index contributed by atoms with van der Waals surface area (Å²) in [4.78, 5) is 37.0. The quantitative estimate of drug-likeness (QED) is 0.673. The molecule has 0 spiro atoms. The van der Waals surface area contributed by atoms with E-state index in [2.05, 4.69) is 4.74 Å². The smallest absolute Gasteiger partial charge is 0.411 e. The summed E-state index contributed by atoms with van der Waals surface area (Å²) in [6.07, 6.45) is -0.679. The first kappa shape index (κ1) is 15.5. The molecule has 6 heteroatoms. The molecule has 108 valence electrons. The Hall–Kier alpha value is -1.59. The second kappa shape index (κ2) is 4.83. The van der Waals surface area contributed by atoms with Crippen molar-refractivity contribution in [3.8, 4) is 0 Å². The molecule has 1 unspecified atom stereocenters. The molecule has 1 saturated heterocycles. The van der Waals surface area contributed by atoms with Crippen molar-refractivity contribution in [2.45, 2.75) is 46.3 Å². The number of rotatable bonds is 1. The van der Waals surface area contributed by atoms with Gasteiger partial charge in [-0.2, -0.15) is 0 Å². The molecule has 1 rings (SSSR count). The molecule has 19 heavy (non-hydrogen) atoms. The lowest BCUT2D eigenvalue weighted by Gasteiger charge is -2.30. The lowest BCUT2D eigenvalue weighted by Crippen LogP contribution is -2.48. The van der Waals surface area contributed by atoms with Gasteiger partial charge in [-0.15, -0.1) is 0 Å². The van der Waals surface area contributed by atoms with Crippen LogP contribution in [-0.4, -0.2) is 48.0 Å². The Kier molecular flexibility index (Phi) is 3.93. The Balaban J connectivity index is 3.03. The zero-order valence-electron chi connectivity index (χ0n) is 12.3. The summed E-state index contributed by atoms with van der Waals surface area (Å²) in [5.74, 6) is -0.796. The molecule has 6 nitrogen and oxygen atoms in total. The molecule has 1 heterocycles. The Bertz CT molecular complexity index is 408. The van der Waals surface area contributed by atoms with Crippen LogP contribution in [0.4, 0.5) is 4.79 Å². The maximum Gasteiger partial charge on any atom is 0.411 e. The fraction of sp³-hybridized carbons (Fsp3) is 0.769. The van der Waals surface area contributed by atoms with Crippen LogP contribution < -0.4 is 0 Å². The highest BCUT2D eigenvalue weighted by Gasteiger charge is 2.54. The first-order valence-electron chi connectivity index (χ1n) is 6.11. The lowest BCUT2D eigenvalue weighted by atomic mass is 9.84. The number of hydrogen-bond acceptors (Lipinski definition) is 5. The van der Waals surface area contributed by atoms with Gasteiger partial charge in [-0.3, -0.25) is 9.69 Å². The van der Waals surface area contributed by atoms with Crippen LogP contribution in [0.1, 0.15) is 34.6 Å². The highest BCUT2D eigenvalue weighted by atomic mass is 16.6. The monoisotopic (exact) mass is 271 g/mol. The average molecular weight is 271 g/mol. The van der Waals surface area contributed by atoms with Crippen molar-refractivity contribution in [1.82, 2.24) is 4.90 Å². The van der Waals surface area contributed by atoms with Crippen molar-refractivity contribution in [3.05, 3.63) is 0 Å². The number of carbonyl (C=O) groups is 3. The standard InChI is InChI=1S/C13H21NO5/c1-12(2,3)19-11(17)14-7-8(15)13(4,5)9(14)10(16)18-6/h9H,7H2,1-6H3. The predicted octanol–water partition coefficient (Wildman–Crippen LogP) is 1.37. The molecule has 0 N–H and O–H groups in total. The second-order valence-electron chi connectivity index (χ2n) is 6.18. The van der Waals surface area contributed by atoms with Crippen LogP contribution in [0.25, 0.3) is 0 Å². The highest BCUT2D eigenvalue weighted by Crippen LogP contribution is 2.34. The third kappa shape index (κ3) is 3.05. The van der Waals surface area contributed by atoms with Gasteiger partial charge in [0.05, 0.1) is 19.1 Å². The van der Waals surface area contributed by atoms with E-state index in [0.717, 1.165) is 4.90 Å². The summed E-state index contributed by atoms with van der Waals surface area (Å²) in [6, 6.07) is -0.945. The maximum absolute atomic E-state index is 12.1. The van der Waals surface area contributed by atoms with Gasteiger partial charge in [0.15, 0.2) is 5.78 Å². The number of nitrogens with zero attached hydrogens (tertiary/aromatic N) is 1. The topological polar surface area (TPSA) is 72.9 Å². The fourth-order valence-electron chi connectivity index (χ4n) is 2.02. The number of hydrogen-bond donors (Lipinski definition) is 0. The SMILES string of the molecule is COC(=O)C1N(C(=O)OC(C)(C)C)CC(=O)C1(C)C. The molecule has 1 aliphatic rings. The van der Waals surface area contributed by atoms with Crippen molar-refractivity contribution < 1.29 is 23.9 Å². The molecule has 0 bridgehead atoms. The Morgan fingerprint density at radius 1 is 1.32 bits per heavy atom. The van der Waals surface area contributed by atoms with Gasteiger partial charge in [-0.1, -0.05) is 13.8 Å². The van der Waals surface area contributed by atoms with E-state index in [1.165, 1.54) is 7.11 Å². The van der Waals surface area contributed by atoms with E-state index >= 15 is 0 Å². The number of ketones is 1. The van der Waals surface area contributed by atoms with Crippen LogP contribution >= 0.6 is 0 Å². The normalized spacial score (nSPS) is 22.3. The lowest BCUT2D eigenvalue weighted by molar-refractivity contribution is -0.149. The van der Waals surface area contributed by atoms with Crippen LogP contribution in [0.15, 0.2) is 0 Å². The van der Waals surface area contributed by atoms with E-state index in [4.69, 9.17) is 4.74 Å². The summed E-state index contributed by atoms with van der Waals surface area (Å²) in [6.45, 7) is 8.29. The van der Waals surface area contributed by atoms with Gasteiger partial charge in [0.25, 0.3) is 0 Å². The second-order valence-corrected chi connectivity index (χ2v) is 6.18.